The van der Waals surface area contributed by atoms with Crippen molar-refractivity contribution in [3.05, 3.63) is 61.1 Å². The van der Waals surface area contributed by atoms with E-state index in [4.69, 9.17) is 15.8 Å². The van der Waals surface area contributed by atoms with Crippen LogP contribution in [0.3, 0.4) is 0 Å². The number of pyridine rings is 2. The van der Waals surface area contributed by atoms with E-state index in [1.54, 1.807) is 13.2 Å². The summed E-state index contributed by atoms with van der Waals surface area (Å²) >= 11 is 0. The maximum atomic E-state index is 12.1. The minimum Gasteiger partial charge on any atom is -0.383 e. The minimum atomic E-state index is 0.0482. The predicted molar refractivity (Wildman–Crippen MR) is 139 cm³/mol. The van der Waals surface area contributed by atoms with Gasteiger partial charge in [-0.3, -0.25) is 9.78 Å². The zero-order valence-corrected chi connectivity index (χ0v) is 19.9. The molecule has 0 aliphatic heterocycles. The van der Waals surface area contributed by atoms with Gasteiger partial charge in [-0.25, -0.2) is 19.6 Å². The summed E-state index contributed by atoms with van der Waals surface area (Å²) in [5.41, 5.74) is 11.2. The van der Waals surface area contributed by atoms with E-state index in [0.717, 1.165) is 70.3 Å². The van der Waals surface area contributed by atoms with Gasteiger partial charge in [0.05, 0.1) is 28.3 Å². The molecule has 0 bridgehead atoms. The fourth-order valence-electron chi connectivity index (χ4n) is 5.16. The van der Waals surface area contributed by atoms with Crippen LogP contribution in [0.4, 0.5) is 5.82 Å². The molecule has 4 heterocycles. The standard InChI is InChI=1S/C27H26N8O/c1-29-27(36)17-7-10-19(11-8-17)35-26-23(25(28)31-15-32-26)24(34-35)18-6-5-16-9-12-21(33-22(16)14-18)20-4-2-3-13-30-20/h2-6,9,12-15,17,19H,7-8,10-11H2,1H3,(H,29,36)(H2,28,31,32). The molecule has 0 atom stereocenters. The van der Waals surface area contributed by atoms with Gasteiger partial charge in [-0.1, -0.05) is 24.3 Å². The Balaban J connectivity index is 1.42. The number of nitrogen functional groups attached to an aromatic ring is 1. The number of fused-ring (bicyclic) bond motifs is 2. The van der Waals surface area contributed by atoms with Gasteiger partial charge in [-0.15, -0.1) is 0 Å². The van der Waals surface area contributed by atoms with E-state index >= 15 is 0 Å². The third-order valence-electron chi connectivity index (χ3n) is 7.07. The summed E-state index contributed by atoms with van der Waals surface area (Å²) < 4.78 is 1.98. The van der Waals surface area contributed by atoms with Gasteiger partial charge in [0.1, 0.15) is 17.8 Å². The summed E-state index contributed by atoms with van der Waals surface area (Å²) in [6.45, 7) is 0. The monoisotopic (exact) mass is 478 g/mol. The molecule has 0 radical (unpaired) electrons. The molecule has 9 heteroatoms. The summed E-state index contributed by atoms with van der Waals surface area (Å²) in [5, 5.41) is 9.56. The number of rotatable bonds is 4. The van der Waals surface area contributed by atoms with Crippen LogP contribution in [0.1, 0.15) is 31.7 Å². The van der Waals surface area contributed by atoms with Crippen LogP contribution >= 0.6 is 0 Å². The molecule has 6 rings (SSSR count). The number of aromatic nitrogens is 6. The molecular formula is C27H26N8O. The number of amides is 1. The smallest absolute Gasteiger partial charge is 0.222 e. The Labute approximate surface area is 207 Å². The summed E-state index contributed by atoms with van der Waals surface area (Å²) in [5.74, 6) is 0.558. The Kier molecular flexibility index (Phi) is 5.52. The largest absolute Gasteiger partial charge is 0.383 e. The van der Waals surface area contributed by atoms with E-state index in [1.807, 2.05) is 47.1 Å². The van der Waals surface area contributed by atoms with Crippen LogP contribution in [0.2, 0.25) is 0 Å². The number of nitrogens with one attached hydrogen (secondary N) is 1. The number of benzene rings is 1. The lowest BCUT2D eigenvalue weighted by molar-refractivity contribution is -0.125. The number of nitrogens with zero attached hydrogens (tertiary/aromatic N) is 6. The first-order chi connectivity index (χ1) is 17.6. The molecule has 36 heavy (non-hydrogen) atoms. The van der Waals surface area contributed by atoms with Gasteiger partial charge in [0, 0.05) is 30.1 Å². The summed E-state index contributed by atoms with van der Waals surface area (Å²) in [6.07, 6.45) is 6.59. The molecule has 3 N–H and O–H groups in total. The Bertz CT molecular complexity index is 1570. The van der Waals surface area contributed by atoms with E-state index in [2.05, 4.69) is 26.3 Å². The van der Waals surface area contributed by atoms with Gasteiger partial charge in [0.25, 0.3) is 0 Å². The zero-order chi connectivity index (χ0) is 24.6. The van der Waals surface area contributed by atoms with Crippen LogP contribution in [-0.4, -0.2) is 42.7 Å². The predicted octanol–water partition coefficient (Wildman–Crippen LogP) is 4.16. The second-order valence-electron chi connectivity index (χ2n) is 9.19. The maximum absolute atomic E-state index is 12.1. The maximum Gasteiger partial charge on any atom is 0.222 e. The van der Waals surface area contributed by atoms with Crippen molar-refractivity contribution < 1.29 is 4.79 Å². The number of carbonyl (C=O) groups excluding carboxylic acids is 1. The van der Waals surface area contributed by atoms with Crippen molar-refractivity contribution >= 4 is 33.7 Å². The van der Waals surface area contributed by atoms with E-state index in [9.17, 15) is 4.79 Å². The quantitative estimate of drug-likeness (QED) is 0.397. The molecule has 4 aromatic heterocycles. The van der Waals surface area contributed by atoms with E-state index in [-0.39, 0.29) is 17.9 Å². The van der Waals surface area contributed by atoms with Gasteiger partial charge in [-0.05, 0) is 49.9 Å². The van der Waals surface area contributed by atoms with Crippen LogP contribution < -0.4 is 11.1 Å². The minimum absolute atomic E-state index is 0.0482. The summed E-state index contributed by atoms with van der Waals surface area (Å²) in [6, 6.07) is 16.1. The zero-order valence-electron chi connectivity index (χ0n) is 19.9. The molecule has 9 nitrogen and oxygen atoms in total. The van der Waals surface area contributed by atoms with Crippen molar-refractivity contribution in [1.82, 2.24) is 35.0 Å². The first kappa shape index (κ1) is 22.1. The fourth-order valence-corrected chi connectivity index (χ4v) is 5.16. The van der Waals surface area contributed by atoms with Crippen LogP contribution in [0.25, 0.3) is 44.6 Å². The lowest BCUT2D eigenvalue weighted by atomic mass is 9.85. The Morgan fingerprint density at radius 1 is 1.00 bits per heavy atom. The number of hydrogen-bond donors (Lipinski definition) is 2. The number of nitrogens with two attached hydrogens (primary N) is 1. The molecule has 1 amide bonds. The third-order valence-corrected chi connectivity index (χ3v) is 7.07. The van der Waals surface area contributed by atoms with Crippen molar-refractivity contribution in [2.75, 3.05) is 12.8 Å². The average molecular weight is 479 g/mol. The van der Waals surface area contributed by atoms with Gasteiger partial charge < -0.3 is 11.1 Å². The van der Waals surface area contributed by atoms with Crippen molar-refractivity contribution in [1.29, 1.82) is 0 Å². The number of hydrogen-bond acceptors (Lipinski definition) is 7. The molecule has 1 aliphatic rings. The second-order valence-corrected chi connectivity index (χ2v) is 9.19. The first-order valence-electron chi connectivity index (χ1n) is 12.1. The van der Waals surface area contributed by atoms with E-state index < -0.39 is 0 Å². The first-order valence-corrected chi connectivity index (χ1v) is 12.1. The Morgan fingerprint density at radius 2 is 1.83 bits per heavy atom. The molecule has 5 aromatic rings. The van der Waals surface area contributed by atoms with Crippen LogP contribution in [0.5, 0.6) is 0 Å². The van der Waals surface area contributed by atoms with Crippen molar-refractivity contribution in [3.8, 4) is 22.6 Å². The topological polar surface area (TPSA) is 124 Å². The second kappa shape index (κ2) is 8.99. The molecule has 1 fully saturated rings. The van der Waals surface area contributed by atoms with E-state index in [1.165, 1.54) is 6.33 Å². The van der Waals surface area contributed by atoms with Crippen LogP contribution in [0, 0.1) is 5.92 Å². The lowest BCUT2D eigenvalue weighted by Crippen LogP contribution is -2.31. The Hall–Kier alpha value is -4.40. The van der Waals surface area contributed by atoms with Gasteiger partial charge in [0.2, 0.25) is 5.91 Å². The molecular weight excluding hydrogens is 452 g/mol. The third kappa shape index (κ3) is 3.82. The van der Waals surface area contributed by atoms with Gasteiger partial charge in [0.15, 0.2) is 5.65 Å². The molecule has 0 unspecified atom stereocenters. The lowest BCUT2D eigenvalue weighted by Gasteiger charge is -2.27. The molecule has 1 aliphatic carbocycles. The molecule has 1 aromatic carbocycles. The summed E-state index contributed by atoms with van der Waals surface area (Å²) in [4.78, 5) is 30.2. The fraction of sp³-hybridized carbons (Fsp3) is 0.259. The van der Waals surface area contributed by atoms with E-state index in [0.29, 0.717) is 5.82 Å². The SMILES string of the molecule is CNC(=O)C1CCC(n2nc(-c3ccc4ccc(-c5ccccn5)nc4c3)c3c(N)ncnc32)CC1. The normalized spacial score (nSPS) is 17.9. The number of anilines is 1. The van der Waals surface area contributed by atoms with Crippen molar-refractivity contribution in [3.63, 3.8) is 0 Å². The highest BCUT2D eigenvalue weighted by Gasteiger charge is 2.29. The molecule has 1 saturated carbocycles. The van der Waals surface area contributed by atoms with Crippen LogP contribution in [0.15, 0.2) is 61.1 Å². The highest BCUT2D eigenvalue weighted by molar-refractivity contribution is 6.00. The highest BCUT2D eigenvalue weighted by atomic mass is 16.1. The van der Waals surface area contributed by atoms with Crippen LogP contribution in [-0.2, 0) is 4.79 Å². The van der Waals surface area contributed by atoms with Gasteiger partial charge >= 0.3 is 0 Å². The van der Waals surface area contributed by atoms with Crippen molar-refractivity contribution in [2.45, 2.75) is 31.7 Å². The average Bonchev–Trinajstić information content (AvgIpc) is 3.33. The molecule has 0 spiro atoms. The Morgan fingerprint density at radius 3 is 2.61 bits per heavy atom. The molecule has 180 valence electrons. The van der Waals surface area contributed by atoms with Gasteiger partial charge in [-0.2, -0.15) is 5.10 Å². The summed E-state index contributed by atoms with van der Waals surface area (Å²) in [7, 11) is 1.69. The molecule has 0 saturated heterocycles. The van der Waals surface area contributed by atoms with Crippen molar-refractivity contribution in [2.24, 2.45) is 5.92 Å². The highest BCUT2D eigenvalue weighted by Crippen LogP contribution is 2.38. The number of carbonyl (C=O) groups is 1.